The van der Waals surface area contributed by atoms with E-state index in [4.69, 9.17) is 11.6 Å². The molecule has 3 aromatic rings. The number of unbranched alkanes of at least 4 members (excludes halogenated alkanes) is 4. The average Bonchev–Trinajstić information content (AvgIpc) is 2.67. The first-order chi connectivity index (χ1) is 12.7. The Labute approximate surface area is 159 Å². The highest BCUT2D eigenvalue weighted by molar-refractivity contribution is 6.30. The number of carbonyl (C=O) groups is 1. The second-order valence-electron chi connectivity index (χ2n) is 6.55. The highest BCUT2D eigenvalue weighted by Crippen LogP contribution is 2.27. The summed E-state index contributed by atoms with van der Waals surface area (Å²) in [5, 5.41) is 1.62. The van der Waals surface area contributed by atoms with Gasteiger partial charge >= 0.3 is 0 Å². The first-order valence-electron chi connectivity index (χ1n) is 9.23. The summed E-state index contributed by atoms with van der Waals surface area (Å²) in [6.07, 6.45) is 9.80. The molecule has 2 heterocycles. The van der Waals surface area contributed by atoms with Crippen LogP contribution in [0.4, 0.5) is 0 Å². The summed E-state index contributed by atoms with van der Waals surface area (Å²) in [7, 11) is 0. The zero-order valence-corrected chi connectivity index (χ0v) is 15.8. The van der Waals surface area contributed by atoms with E-state index in [1.165, 1.54) is 19.3 Å². The molecule has 3 rings (SSSR count). The van der Waals surface area contributed by atoms with Crippen LogP contribution in [0.5, 0.6) is 0 Å². The van der Waals surface area contributed by atoms with Gasteiger partial charge in [0, 0.05) is 34.8 Å². The minimum Gasteiger partial charge on any atom is -0.292 e. The smallest absolute Gasteiger partial charge is 0.181 e. The van der Waals surface area contributed by atoms with Crippen molar-refractivity contribution in [2.75, 3.05) is 0 Å². The predicted octanol–water partition coefficient (Wildman–Crippen LogP) is 6.49. The van der Waals surface area contributed by atoms with Gasteiger partial charge in [-0.1, -0.05) is 56.3 Å². The van der Waals surface area contributed by atoms with E-state index >= 15 is 0 Å². The van der Waals surface area contributed by atoms with Crippen LogP contribution in [-0.2, 0) is 0 Å². The number of aromatic nitrogens is 2. The van der Waals surface area contributed by atoms with E-state index in [0.29, 0.717) is 17.1 Å². The van der Waals surface area contributed by atoms with Crippen molar-refractivity contribution in [2.24, 2.45) is 0 Å². The molecular weight excluding hydrogens is 344 g/mol. The van der Waals surface area contributed by atoms with Crippen LogP contribution in [0.25, 0.3) is 22.0 Å². The van der Waals surface area contributed by atoms with Gasteiger partial charge in [0.15, 0.2) is 5.78 Å². The maximum absolute atomic E-state index is 12.5. The Kier molecular flexibility index (Phi) is 6.35. The lowest BCUT2D eigenvalue weighted by atomic mass is 10.0. The number of pyridine rings is 2. The van der Waals surface area contributed by atoms with Crippen LogP contribution in [0.1, 0.15) is 55.9 Å². The SMILES string of the molecule is CCCCCCCC(=O)c1ccc2cncc(-c3ccc(Cl)cc3)c2n1. The number of fused-ring (bicyclic) bond motifs is 1. The van der Waals surface area contributed by atoms with Crippen molar-refractivity contribution in [3.8, 4) is 11.1 Å². The van der Waals surface area contributed by atoms with Crippen LogP contribution in [-0.4, -0.2) is 15.8 Å². The number of hydrogen-bond donors (Lipinski definition) is 0. The molecule has 1 aromatic carbocycles. The minimum atomic E-state index is 0.113. The zero-order chi connectivity index (χ0) is 18.4. The first-order valence-corrected chi connectivity index (χ1v) is 9.60. The summed E-state index contributed by atoms with van der Waals surface area (Å²) in [6, 6.07) is 11.3. The van der Waals surface area contributed by atoms with E-state index in [0.717, 1.165) is 34.9 Å². The summed E-state index contributed by atoms with van der Waals surface area (Å²) < 4.78 is 0. The van der Waals surface area contributed by atoms with Gasteiger partial charge < -0.3 is 0 Å². The summed E-state index contributed by atoms with van der Waals surface area (Å²) in [5.74, 6) is 0.113. The number of ketones is 1. The molecule has 134 valence electrons. The van der Waals surface area contributed by atoms with Crippen molar-refractivity contribution < 1.29 is 4.79 Å². The molecule has 0 radical (unpaired) electrons. The Morgan fingerprint density at radius 1 is 0.962 bits per heavy atom. The molecular formula is C22H23ClN2O. The Morgan fingerprint density at radius 2 is 1.73 bits per heavy atom. The maximum atomic E-state index is 12.5. The van der Waals surface area contributed by atoms with E-state index < -0.39 is 0 Å². The van der Waals surface area contributed by atoms with Crippen LogP contribution in [0.3, 0.4) is 0 Å². The third kappa shape index (κ3) is 4.47. The molecule has 4 heteroatoms. The third-order valence-corrected chi connectivity index (χ3v) is 4.80. The molecule has 0 atom stereocenters. The van der Waals surface area contributed by atoms with Crippen molar-refractivity contribution >= 4 is 28.3 Å². The molecule has 0 bridgehead atoms. The third-order valence-electron chi connectivity index (χ3n) is 4.55. The van der Waals surface area contributed by atoms with Crippen molar-refractivity contribution in [3.63, 3.8) is 0 Å². The lowest BCUT2D eigenvalue weighted by molar-refractivity contribution is 0.0974. The largest absolute Gasteiger partial charge is 0.292 e. The number of benzene rings is 1. The number of carbonyl (C=O) groups excluding carboxylic acids is 1. The number of Topliss-reactive ketones (excluding diaryl/α,β-unsaturated/α-hetero) is 1. The molecule has 0 amide bonds. The van der Waals surface area contributed by atoms with Gasteiger partial charge in [0.1, 0.15) is 5.69 Å². The first kappa shape index (κ1) is 18.5. The van der Waals surface area contributed by atoms with E-state index in [2.05, 4.69) is 16.9 Å². The van der Waals surface area contributed by atoms with Crippen LogP contribution in [0.15, 0.2) is 48.8 Å². The van der Waals surface area contributed by atoms with Gasteiger partial charge in [-0.05, 0) is 36.2 Å². The lowest BCUT2D eigenvalue weighted by Gasteiger charge is -2.08. The monoisotopic (exact) mass is 366 g/mol. The highest BCUT2D eigenvalue weighted by atomic mass is 35.5. The summed E-state index contributed by atoms with van der Waals surface area (Å²) in [6.45, 7) is 2.19. The van der Waals surface area contributed by atoms with E-state index in [9.17, 15) is 4.79 Å². The van der Waals surface area contributed by atoms with Crippen LogP contribution < -0.4 is 0 Å². The van der Waals surface area contributed by atoms with E-state index in [1.807, 2.05) is 36.4 Å². The summed E-state index contributed by atoms with van der Waals surface area (Å²) >= 11 is 5.99. The van der Waals surface area contributed by atoms with E-state index in [-0.39, 0.29) is 5.78 Å². The summed E-state index contributed by atoms with van der Waals surface area (Å²) in [5.41, 5.74) is 3.24. The Hall–Kier alpha value is -2.26. The fourth-order valence-electron chi connectivity index (χ4n) is 3.06. The predicted molar refractivity (Wildman–Crippen MR) is 108 cm³/mol. The number of rotatable bonds is 8. The van der Waals surface area contributed by atoms with Gasteiger partial charge in [-0.15, -0.1) is 0 Å². The van der Waals surface area contributed by atoms with Gasteiger partial charge in [0.05, 0.1) is 5.52 Å². The van der Waals surface area contributed by atoms with Crippen molar-refractivity contribution in [3.05, 3.63) is 59.5 Å². The number of hydrogen-bond acceptors (Lipinski definition) is 3. The van der Waals surface area contributed by atoms with E-state index in [1.54, 1.807) is 12.4 Å². The molecule has 0 aliphatic carbocycles. The molecule has 0 unspecified atom stereocenters. The van der Waals surface area contributed by atoms with Crippen LogP contribution in [0.2, 0.25) is 5.02 Å². The highest BCUT2D eigenvalue weighted by Gasteiger charge is 2.11. The number of nitrogens with zero attached hydrogens (tertiary/aromatic N) is 2. The second-order valence-corrected chi connectivity index (χ2v) is 6.99. The Morgan fingerprint density at radius 3 is 2.50 bits per heavy atom. The van der Waals surface area contributed by atoms with Crippen LogP contribution >= 0.6 is 11.6 Å². The molecule has 0 saturated carbocycles. The molecule has 0 aliphatic heterocycles. The topological polar surface area (TPSA) is 42.9 Å². The summed E-state index contributed by atoms with van der Waals surface area (Å²) in [4.78, 5) is 21.5. The van der Waals surface area contributed by atoms with Crippen LogP contribution in [0, 0.1) is 0 Å². The van der Waals surface area contributed by atoms with Gasteiger partial charge in [-0.25, -0.2) is 4.98 Å². The minimum absolute atomic E-state index is 0.113. The van der Waals surface area contributed by atoms with Gasteiger partial charge in [0.25, 0.3) is 0 Å². The van der Waals surface area contributed by atoms with Gasteiger partial charge in [-0.2, -0.15) is 0 Å². The maximum Gasteiger partial charge on any atom is 0.181 e. The normalized spacial score (nSPS) is 11.0. The quantitative estimate of drug-likeness (QED) is 0.338. The molecule has 3 nitrogen and oxygen atoms in total. The Balaban J connectivity index is 1.84. The van der Waals surface area contributed by atoms with Crippen molar-refractivity contribution in [1.29, 1.82) is 0 Å². The Bertz CT molecular complexity index is 890. The molecule has 0 spiro atoms. The standard InChI is InChI=1S/C22H23ClN2O/c1-2-3-4-5-6-7-21(26)20-13-10-17-14-24-15-19(22(17)25-20)16-8-11-18(23)12-9-16/h8-15H,2-7H2,1H3. The van der Waals surface area contributed by atoms with Crippen molar-refractivity contribution in [1.82, 2.24) is 9.97 Å². The lowest BCUT2D eigenvalue weighted by Crippen LogP contribution is -2.03. The molecule has 0 aliphatic rings. The van der Waals surface area contributed by atoms with Crippen molar-refractivity contribution in [2.45, 2.75) is 45.4 Å². The average molecular weight is 367 g/mol. The molecule has 0 N–H and O–H groups in total. The molecule has 2 aromatic heterocycles. The molecule has 26 heavy (non-hydrogen) atoms. The van der Waals surface area contributed by atoms with Gasteiger partial charge in [-0.3, -0.25) is 9.78 Å². The number of halogens is 1. The van der Waals surface area contributed by atoms with Gasteiger partial charge in [0.2, 0.25) is 0 Å². The zero-order valence-electron chi connectivity index (χ0n) is 15.0. The molecule has 0 fully saturated rings. The fraction of sp³-hybridized carbons (Fsp3) is 0.318. The second kappa shape index (κ2) is 8.91. The molecule has 0 saturated heterocycles. The fourth-order valence-corrected chi connectivity index (χ4v) is 3.18.